The van der Waals surface area contributed by atoms with Gasteiger partial charge in [-0.3, -0.25) is 4.68 Å². The molecule has 0 bridgehead atoms. The number of anilines is 1. The molecular formula is C24H24F2N6O. The molecule has 170 valence electrons. The third-order valence-corrected chi connectivity index (χ3v) is 5.94. The zero-order chi connectivity index (χ0) is 23.3. The SMILES string of the molecule is Cc1cc2c(-c3ccc(F)cc3F)nc(N3C[C@@H](C)O[C@@H](c4cnn(C)c4)C3)nc2nc1C. The normalized spacial score (nSPS) is 18.8. The van der Waals surface area contributed by atoms with Gasteiger partial charge in [-0.2, -0.15) is 10.1 Å². The Morgan fingerprint density at radius 2 is 1.88 bits per heavy atom. The second-order valence-electron chi connectivity index (χ2n) is 8.55. The van der Waals surface area contributed by atoms with Crippen LogP contribution in [0.3, 0.4) is 0 Å². The maximum atomic E-state index is 14.8. The Labute approximate surface area is 190 Å². The highest BCUT2D eigenvalue weighted by Gasteiger charge is 2.30. The lowest BCUT2D eigenvalue weighted by Gasteiger charge is -2.36. The molecule has 5 rings (SSSR count). The Hall–Kier alpha value is -3.46. The highest BCUT2D eigenvalue weighted by atomic mass is 19.1. The predicted octanol–water partition coefficient (Wildman–Crippen LogP) is 4.29. The van der Waals surface area contributed by atoms with E-state index in [1.54, 1.807) is 10.9 Å². The topological polar surface area (TPSA) is 69.0 Å². The molecule has 0 spiro atoms. The first kappa shape index (κ1) is 21.4. The minimum absolute atomic E-state index is 0.0815. The molecule has 1 aromatic carbocycles. The van der Waals surface area contributed by atoms with Crippen LogP contribution >= 0.6 is 0 Å². The average molecular weight is 450 g/mol. The van der Waals surface area contributed by atoms with Gasteiger partial charge in [0.1, 0.15) is 17.7 Å². The van der Waals surface area contributed by atoms with Gasteiger partial charge in [0.05, 0.1) is 24.5 Å². The molecule has 0 saturated carbocycles. The molecule has 0 aliphatic carbocycles. The number of hydrogen-bond donors (Lipinski definition) is 0. The van der Waals surface area contributed by atoms with Gasteiger partial charge < -0.3 is 9.64 Å². The molecule has 4 heterocycles. The number of hydrogen-bond acceptors (Lipinski definition) is 6. The van der Waals surface area contributed by atoms with Gasteiger partial charge in [0, 0.05) is 48.1 Å². The van der Waals surface area contributed by atoms with Crippen molar-refractivity contribution in [2.45, 2.75) is 33.0 Å². The fourth-order valence-corrected chi connectivity index (χ4v) is 4.17. The maximum absolute atomic E-state index is 14.8. The summed E-state index contributed by atoms with van der Waals surface area (Å²) < 4.78 is 36.3. The van der Waals surface area contributed by atoms with Gasteiger partial charge in [-0.25, -0.2) is 18.7 Å². The van der Waals surface area contributed by atoms with Crippen LogP contribution in [0.2, 0.25) is 0 Å². The predicted molar refractivity (Wildman–Crippen MR) is 121 cm³/mol. The van der Waals surface area contributed by atoms with Crippen molar-refractivity contribution in [2.24, 2.45) is 7.05 Å². The van der Waals surface area contributed by atoms with Crippen molar-refractivity contribution in [1.29, 1.82) is 0 Å². The summed E-state index contributed by atoms with van der Waals surface area (Å²) in [4.78, 5) is 16.2. The first-order valence-electron chi connectivity index (χ1n) is 10.8. The van der Waals surface area contributed by atoms with Crippen LogP contribution in [0.25, 0.3) is 22.3 Å². The van der Waals surface area contributed by atoms with Crippen LogP contribution in [-0.4, -0.2) is 43.9 Å². The Morgan fingerprint density at radius 1 is 1.06 bits per heavy atom. The quantitative estimate of drug-likeness (QED) is 0.464. The zero-order valence-electron chi connectivity index (χ0n) is 18.9. The molecule has 7 nitrogen and oxygen atoms in total. The number of aryl methyl sites for hydroxylation is 3. The van der Waals surface area contributed by atoms with Crippen molar-refractivity contribution >= 4 is 17.0 Å². The number of nitrogens with zero attached hydrogens (tertiary/aromatic N) is 6. The van der Waals surface area contributed by atoms with E-state index >= 15 is 0 Å². The first-order valence-corrected chi connectivity index (χ1v) is 10.8. The molecule has 9 heteroatoms. The summed E-state index contributed by atoms with van der Waals surface area (Å²) in [6, 6.07) is 5.41. The van der Waals surface area contributed by atoms with Gasteiger partial charge in [0.2, 0.25) is 5.95 Å². The van der Waals surface area contributed by atoms with Crippen molar-refractivity contribution in [3.63, 3.8) is 0 Å². The second kappa shape index (κ2) is 8.15. The van der Waals surface area contributed by atoms with Crippen LogP contribution in [0.4, 0.5) is 14.7 Å². The molecule has 1 fully saturated rings. The number of aromatic nitrogens is 5. The third kappa shape index (κ3) is 4.04. The van der Waals surface area contributed by atoms with Crippen LogP contribution in [0, 0.1) is 25.5 Å². The van der Waals surface area contributed by atoms with E-state index in [1.165, 1.54) is 12.1 Å². The highest BCUT2D eigenvalue weighted by Crippen LogP contribution is 2.33. The lowest BCUT2D eigenvalue weighted by atomic mass is 10.1. The lowest BCUT2D eigenvalue weighted by molar-refractivity contribution is -0.0178. The number of rotatable bonds is 3. The summed E-state index contributed by atoms with van der Waals surface area (Å²) in [6.07, 6.45) is 3.42. The standard InChI is InChI=1S/C24H24F2N6O/c1-13-7-19-22(18-6-5-17(25)8-20(18)26)29-24(30-23(19)28-15(13)3)32-10-14(2)33-21(12-32)16-9-27-31(4)11-16/h5-9,11,14,21H,10,12H2,1-4H3/t14-,21-/m1/s1. The fourth-order valence-electron chi connectivity index (χ4n) is 4.17. The fraction of sp³-hybridized carbons (Fsp3) is 0.333. The number of fused-ring (bicyclic) bond motifs is 1. The Bertz CT molecular complexity index is 1350. The third-order valence-electron chi connectivity index (χ3n) is 5.94. The molecule has 1 aliphatic heterocycles. The van der Waals surface area contributed by atoms with E-state index in [9.17, 15) is 8.78 Å². The summed E-state index contributed by atoms with van der Waals surface area (Å²) >= 11 is 0. The molecular weight excluding hydrogens is 426 g/mol. The molecule has 2 atom stereocenters. The van der Waals surface area contributed by atoms with Crippen LogP contribution < -0.4 is 4.90 Å². The molecule has 1 aliphatic rings. The van der Waals surface area contributed by atoms with E-state index in [0.29, 0.717) is 35.8 Å². The molecule has 4 aromatic rings. The summed E-state index contributed by atoms with van der Waals surface area (Å²) in [6.45, 7) is 6.91. The maximum Gasteiger partial charge on any atom is 0.228 e. The lowest BCUT2D eigenvalue weighted by Crippen LogP contribution is -2.43. The minimum Gasteiger partial charge on any atom is -0.367 e. The second-order valence-corrected chi connectivity index (χ2v) is 8.55. The van der Waals surface area contributed by atoms with Crippen molar-refractivity contribution in [2.75, 3.05) is 18.0 Å². The zero-order valence-corrected chi connectivity index (χ0v) is 18.9. The molecule has 0 radical (unpaired) electrons. The van der Waals surface area contributed by atoms with Gasteiger partial charge in [-0.15, -0.1) is 0 Å². The Kier molecular flexibility index (Phi) is 5.28. The molecule has 33 heavy (non-hydrogen) atoms. The number of benzene rings is 1. The minimum atomic E-state index is -0.678. The van der Waals surface area contributed by atoms with Crippen LogP contribution in [0.5, 0.6) is 0 Å². The van der Waals surface area contributed by atoms with Crippen molar-refractivity contribution in [1.82, 2.24) is 24.7 Å². The largest absolute Gasteiger partial charge is 0.367 e. The molecule has 1 saturated heterocycles. The van der Waals surface area contributed by atoms with Crippen LogP contribution in [0.15, 0.2) is 36.7 Å². The van der Waals surface area contributed by atoms with Gasteiger partial charge in [-0.05, 0) is 44.5 Å². The van der Waals surface area contributed by atoms with Gasteiger partial charge in [0.25, 0.3) is 0 Å². The van der Waals surface area contributed by atoms with E-state index in [1.807, 2.05) is 45.0 Å². The molecule has 0 N–H and O–H groups in total. The van der Waals surface area contributed by atoms with E-state index in [0.717, 1.165) is 22.9 Å². The van der Waals surface area contributed by atoms with Crippen molar-refractivity contribution in [3.8, 4) is 11.3 Å². The Morgan fingerprint density at radius 3 is 2.61 bits per heavy atom. The average Bonchev–Trinajstić information content (AvgIpc) is 3.20. The number of ether oxygens (including phenoxy) is 1. The summed E-state index contributed by atoms with van der Waals surface area (Å²) in [5, 5.41) is 4.87. The van der Waals surface area contributed by atoms with Gasteiger partial charge in [0.15, 0.2) is 5.65 Å². The van der Waals surface area contributed by atoms with Gasteiger partial charge in [-0.1, -0.05) is 0 Å². The van der Waals surface area contributed by atoms with Crippen molar-refractivity contribution in [3.05, 3.63) is 65.1 Å². The van der Waals surface area contributed by atoms with Crippen LogP contribution in [-0.2, 0) is 11.8 Å². The van der Waals surface area contributed by atoms with Crippen molar-refractivity contribution < 1.29 is 13.5 Å². The Balaban J connectivity index is 1.64. The first-order chi connectivity index (χ1) is 15.8. The summed E-state index contributed by atoms with van der Waals surface area (Å²) in [7, 11) is 1.86. The number of pyridine rings is 1. The smallest absolute Gasteiger partial charge is 0.228 e. The molecule has 3 aromatic heterocycles. The monoisotopic (exact) mass is 450 g/mol. The van der Waals surface area contributed by atoms with Crippen LogP contribution in [0.1, 0.15) is 29.8 Å². The number of morpholine rings is 1. The summed E-state index contributed by atoms with van der Waals surface area (Å²) in [5.74, 6) is -0.884. The summed E-state index contributed by atoms with van der Waals surface area (Å²) in [5.41, 5.74) is 3.81. The molecule has 0 unspecified atom stereocenters. The van der Waals surface area contributed by atoms with E-state index in [2.05, 4.69) is 10.1 Å². The molecule has 0 amide bonds. The highest BCUT2D eigenvalue weighted by molar-refractivity contribution is 5.92. The van der Waals surface area contributed by atoms with E-state index in [-0.39, 0.29) is 17.8 Å². The van der Waals surface area contributed by atoms with E-state index < -0.39 is 11.6 Å². The van der Waals surface area contributed by atoms with Gasteiger partial charge >= 0.3 is 0 Å². The van der Waals surface area contributed by atoms with E-state index in [4.69, 9.17) is 14.7 Å². The number of halogens is 2.